The Morgan fingerprint density at radius 2 is 1.83 bits per heavy atom. The Morgan fingerprint density at radius 3 is 2.61 bits per heavy atom. The van der Waals surface area contributed by atoms with Gasteiger partial charge in [-0.3, -0.25) is 4.79 Å². The molecule has 0 saturated heterocycles. The molecule has 188 valence electrons. The predicted molar refractivity (Wildman–Crippen MR) is 142 cm³/mol. The van der Waals surface area contributed by atoms with E-state index in [-0.39, 0.29) is 11.9 Å². The number of benzene rings is 2. The van der Waals surface area contributed by atoms with Crippen molar-refractivity contribution in [2.75, 3.05) is 0 Å². The van der Waals surface area contributed by atoms with Crippen molar-refractivity contribution in [2.45, 2.75) is 64.1 Å². The Balaban J connectivity index is 1.42. The van der Waals surface area contributed by atoms with Gasteiger partial charge >= 0.3 is 6.09 Å². The SMILES string of the molecule is Cn1cc(C[C@@H](NC(=O)OC(C)(C)C)C(=O)NC2CCCc3c2[nH]c2ccccc32)c2ccccc21. The minimum atomic E-state index is -0.777. The zero-order chi connectivity index (χ0) is 25.4. The Labute approximate surface area is 211 Å². The van der Waals surface area contributed by atoms with E-state index < -0.39 is 17.7 Å². The number of H-pyrrole nitrogens is 1. The fourth-order valence-corrected chi connectivity index (χ4v) is 5.30. The molecule has 7 nitrogen and oxygen atoms in total. The molecule has 0 bridgehead atoms. The van der Waals surface area contributed by atoms with Gasteiger partial charge in [-0.2, -0.15) is 0 Å². The van der Waals surface area contributed by atoms with Crippen LogP contribution in [-0.2, 0) is 29.4 Å². The molecule has 5 rings (SSSR count). The molecule has 2 amide bonds. The summed E-state index contributed by atoms with van der Waals surface area (Å²) in [4.78, 5) is 29.9. The van der Waals surface area contributed by atoms with E-state index in [0.29, 0.717) is 6.42 Å². The minimum absolute atomic E-state index is 0.135. The van der Waals surface area contributed by atoms with E-state index in [1.165, 1.54) is 10.9 Å². The van der Waals surface area contributed by atoms with Crippen LogP contribution >= 0.6 is 0 Å². The van der Waals surface area contributed by atoms with Gasteiger partial charge in [0.25, 0.3) is 0 Å². The molecule has 2 atom stereocenters. The number of nitrogens with zero attached hydrogens (tertiary/aromatic N) is 1. The highest BCUT2D eigenvalue weighted by molar-refractivity contribution is 5.90. The summed E-state index contributed by atoms with van der Waals surface area (Å²) in [6.45, 7) is 5.43. The maximum absolute atomic E-state index is 13.7. The third-order valence-corrected chi connectivity index (χ3v) is 6.84. The first-order chi connectivity index (χ1) is 17.2. The minimum Gasteiger partial charge on any atom is -0.444 e. The molecule has 1 aliphatic rings. The van der Waals surface area contributed by atoms with Crippen molar-refractivity contribution in [1.29, 1.82) is 0 Å². The van der Waals surface area contributed by atoms with Crippen molar-refractivity contribution in [1.82, 2.24) is 20.2 Å². The van der Waals surface area contributed by atoms with Crippen molar-refractivity contribution in [3.8, 4) is 0 Å². The van der Waals surface area contributed by atoms with E-state index in [4.69, 9.17) is 4.74 Å². The molecule has 0 spiro atoms. The van der Waals surface area contributed by atoms with Crippen LogP contribution in [0.4, 0.5) is 4.79 Å². The number of aromatic nitrogens is 2. The highest BCUT2D eigenvalue weighted by Crippen LogP contribution is 2.34. The van der Waals surface area contributed by atoms with Crippen molar-refractivity contribution in [3.63, 3.8) is 0 Å². The van der Waals surface area contributed by atoms with Gasteiger partial charge in [0.05, 0.1) is 6.04 Å². The number of hydrogen-bond donors (Lipinski definition) is 3. The monoisotopic (exact) mass is 486 g/mol. The molecule has 0 radical (unpaired) electrons. The number of para-hydroxylation sites is 2. The fourth-order valence-electron chi connectivity index (χ4n) is 5.30. The summed E-state index contributed by atoms with van der Waals surface area (Å²) in [6.07, 6.45) is 4.61. The van der Waals surface area contributed by atoms with E-state index in [9.17, 15) is 9.59 Å². The zero-order valence-electron chi connectivity index (χ0n) is 21.4. The quantitative estimate of drug-likeness (QED) is 0.358. The molecule has 4 aromatic rings. The standard InChI is InChI=1S/C29H34N4O3/c1-29(2,3)36-28(35)32-24(16-18-17-33(4)25-15-8-6-10-19(18)25)27(34)31-23-14-9-12-21-20-11-5-7-13-22(20)30-26(21)23/h5-8,10-11,13,15,17,23-24,30H,9,12,14,16H2,1-4H3,(H,31,34)(H,32,35)/t23?,24-/m1/s1. The van der Waals surface area contributed by atoms with Crippen LogP contribution in [0.5, 0.6) is 0 Å². The lowest BCUT2D eigenvalue weighted by Crippen LogP contribution is -2.50. The number of aryl methyl sites for hydroxylation is 2. The molecular weight excluding hydrogens is 452 g/mol. The van der Waals surface area contributed by atoms with Gasteiger partial charge in [-0.05, 0) is 63.3 Å². The van der Waals surface area contributed by atoms with Gasteiger partial charge in [-0.1, -0.05) is 36.4 Å². The van der Waals surface area contributed by atoms with Gasteiger partial charge in [0.15, 0.2) is 0 Å². The lowest BCUT2D eigenvalue weighted by Gasteiger charge is -2.27. The van der Waals surface area contributed by atoms with E-state index in [0.717, 1.165) is 46.9 Å². The van der Waals surface area contributed by atoms with Crippen molar-refractivity contribution < 1.29 is 14.3 Å². The first kappa shape index (κ1) is 24.0. The molecule has 36 heavy (non-hydrogen) atoms. The smallest absolute Gasteiger partial charge is 0.408 e. The van der Waals surface area contributed by atoms with Crippen molar-refractivity contribution in [3.05, 3.63) is 71.5 Å². The topological polar surface area (TPSA) is 88.2 Å². The summed E-state index contributed by atoms with van der Waals surface area (Å²) in [5.74, 6) is -0.217. The second kappa shape index (κ2) is 9.37. The summed E-state index contributed by atoms with van der Waals surface area (Å²) in [5.41, 5.74) is 4.85. The molecule has 1 aliphatic carbocycles. The summed E-state index contributed by atoms with van der Waals surface area (Å²) < 4.78 is 7.54. The van der Waals surface area contributed by atoms with Gasteiger partial charge in [0, 0.05) is 47.2 Å². The lowest BCUT2D eigenvalue weighted by atomic mass is 9.91. The summed E-state index contributed by atoms with van der Waals surface area (Å²) in [7, 11) is 1.99. The second-order valence-corrected chi connectivity index (χ2v) is 10.7. The number of aromatic amines is 1. The van der Waals surface area contributed by atoms with Gasteiger partial charge < -0.3 is 24.9 Å². The number of rotatable bonds is 5. The summed E-state index contributed by atoms with van der Waals surface area (Å²) >= 11 is 0. The molecule has 1 unspecified atom stereocenters. The zero-order valence-corrected chi connectivity index (χ0v) is 21.4. The summed E-state index contributed by atoms with van der Waals surface area (Å²) in [6, 6.07) is 15.4. The van der Waals surface area contributed by atoms with E-state index in [2.05, 4.69) is 33.8 Å². The van der Waals surface area contributed by atoms with Gasteiger partial charge in [0.1, 0.15) is 11.6 Å². The molecule has 2 aromatic heterocycles. The lowest BCUT2D eigenvalue weighted by molar-refractivity contribution is -0.124. The highest BCUT2D eigenvalue weighted by atomic mass is 16.6. The van der Waals surface area contributed by atoms with Gasteiger partial charge in [-0.25, -0.2) is 4.79 Å². The van der Waals surface area contributed by atoms with E-state index >= 15 is 0 Å². The predicted octanol–water partition coefficient (Wildman–Crippen LogP) is 5.29. The molecule has 0 fully saturated rings. The van der Waals surface area contributed by atoms with Crippen LogP contribution in [0, 0.1) is 0 Å². The summed E-state index contributed by atoms with van der Waals surface area (Å²) in [5, 5.41) is 8.36. The normalized spacial score (nSPS) is 16.5. The van der Waals surface area contributed by atoms with Crippen LogP contribution < -0.4 is 10.6 Å². The maximum atomic E-state index is 13.7. The van der Waals surface area contributed by atoms with Crippen molar-refractivity contribution >= 4 is 33.8 Å². The third-order valence-electron chi connectivity index (χ3n) is 6.84. The van der Waals surface area contributed by atoms with Crippen LogP contribution in [0.15, 0.2) is 54.7 Å². The van der Waals surface area contributed by atoms with Crippen LogP contribution in [0.3, 0.4) is 0 Å². The van der Waals surface area contributed by atoms with Crippen LogP contribution in [0.1, 0.15) is 56.5 Å². The van der Waals surface area contributed by atoms with Crippen LogP contribution in [0.25, 0.3) is 21.8 Å². The fraction of sp³-hybridized carbons (Fsp3) is 0.379. The molecule has 0 saturated carbocycles. The molecule has 7 heteroatoms. The third kappa shape index (κ3) is 4.83. The average molecular weight is 487 g/mol. The van der Waals surface area contributed by atoms with E-state index in [1.54, 1.807) is 0 Å². The number of carbonyl (C=O) groups is 2. The number of amides is 2. The number of carbonyl (C=O) groups excluding carboxylic acids is 2. The second-order valence-electron chi connectivity index (χ2n) is 10.7. The Morgan fingerprint density at radius 1 is 1.11 bits per heavy atom. The van der Waals surface area contributed by atoms with Crippen molar-refractivity contribution in [2.24, 2.45) is 7.05 Å². The molecule has 2 aromatic carbocycles. The Hall–Kier alpha value is -3.74. The highest BCUT2D eigenvalue weighted by Gasteiger charge is 2.30. The Bertz CT molecular complexity index is 1430. The van der Waals surface area contributed by atoms with Crippen LogP contribution in [-0.4, -0.2) is 33.2 Å². The molecule has 0 aliphatic heterocycles. The Kier molecular flexibility index (Phi) is 6.24. The number of hydrogen-bond acceptors (Lipinski definition) is 3. The first-order valence-corrected chi connectivity index (χ1v) is 12.6. The van der Waals surface area contributed by atoms with E-state index in [1.807, 2.05) is 68.9 Å². The van der Waals surface area contributed by atoms with Gasteiger partial charge in [0.2, 0.25) is 5.91 Å². The first-order valence-electron chi connectivity index (χ1n) is 12.6. The molecular formula is C29H34N4O3. The molecule has 2 heterocycles. The molecule has 3 N–H and O–H groups in total. The number of ether oxygens (including phenoxy) is 1. The van der Waals surface area contributed by atoms with Gasteiger partial charge in [-0.15, -0.1) is 0 Å². The number of alkyl carbamates (subject to hydrolysis) is 1. The number of nitrogens with one attached hydrogen (secondary N) is 3. The largest absolute Gasteiger partial charge is 0.444 e. The van der Waals surface area contributed by atoms with Crippen LogP contribution in [0.2, 0.25) is 0 Å². The average Bonchev–Trinajstić information content (AvgIpc) is 3.36. The number of fused-ring (bicyclic) bond motifs is 4. The maximum Gasteiger partial charge on any atom is 0.408 e.